The summed E-state index contributed by atoms with van der Waals surface area (Å²) in [7, 11) is 3.58. The van der Waals surface area contributed by atoms with Gasteiger partial charge in [0.2, 0.25) is 0 Å². The maximum Gasteiger partial charge on any atom is 0.197 e. The molecule has 0 aliphatic heterocycles. The molecule has 2 aromatic rings. The minimum absolute atomic E-state index is 0.410. The molecule has 0 amide bonds. The van der Waals surface area contributed by atoms with E-state index in [0.29, 0.717) is 17.7 Å². The third-order valence-electron chi connectivity index (χ3n) is 4.62. The summed E-state index contributed by atoms with van der Waals surface area (Å²) in [6, 6.07) is 7.79. The van der Waals surface area contributed by atoms with E-state index < -0.39 is 10.5 Å². The Kier molecular flexibility index (Phi) is 4.58. The summed E-state index contributed by atoms with van der Waals surface area (Å²) in [6.45, 7) is 0.498. The molecule has 1 heterocycles. The number of methoxy groups -OCH3 is 1. The van der Waals surface area contributed by atoms with Crippen LogP contribution in [0.3, 0.4) is 0 Å². The van der Waals surface area contributed by atoms with Gasteiger partial charge >= 0.3 is 0 Å². The molecule has 0 spiro atoms. The number of benzene rings is 1. The second-order valence-corrected chi connectivity index (χ2v) is 7.61. The zero-order valence-electron chi connectivity index (χ0n) is 13.1. The van der Waals surface area contributed by atoms with E-state index in [1.54, 1.807) is 22.7 Å². The summed E-state index contributed by atoms with van der Waals surface area (Å²) in [6.07, 6.45) is 4.14. The molecule has 23 heavy (non-hydrogen) atoms. The molecule has 1 fully saturated rings. The van der Waals surface area contributed by atoms with Crippen molar-refractivity contribution in [3.05, 3.63) is 45.9 Å². The van der Waals surface area contributed by atoms with E-state index in [1.807, 2.05) is 31.3 Å². The van der Waals surface area contributed by atoms with Crippen molar-refractivity contribution in [1.29, 1.82) is 0 Å². The molecular formula is C16H19Cl2N3OS. The van der Waals surface area contributed by atoms with Crippen molar-refractivity contribution in [2.75, 3.05) is 7.11 Å². The fourth-order valence-corrected chi connectivity index (χ4v) is 3.62. The van der Waals surface area contributed by atoms with Crippen LogP contribution in [-0.2, 0) is 24.8 Å². The number of alkyl halides is 1. The van der Waals surface area contributed by atoms with E-state index >= 15 is 0 Å². The summed E-state index contributed by atoms with van der Waals surface area (Å²) in [5.74, 6) is 0. The molecule has 1 atom stereocenters. The fourth-order valence-electron chi connectivity index (χ4n) is 2.96. The molecule has 1 aliphatic carbocycles. The molecule has 0 bridgehead atoms. The molecule has 4 nitrogen and oxygen atoms in total. The first-order valence-electron chi connectivity index (χ1n) is 7.47. The van der Waals surface area contributed by atoms with Crippen LogP contribution in [0.1, 0.15) is 18.4 Å². The molecule has 1 aliphatic rings. The number of hydrogen-bond donors (Lipinski definition) is 0. The van der Waals surface area contributed by atoms with E-state index in [0.717, 1.165) is 23.4 Å². The van der Waals surface area contributed by atoms with Crippen LogP contribution in [0, 0.1) is 4.77 Å². The van der Waals surface area contributed by atoms with Crippen LogP contribution in [0.4, 0.5) is 0 Å². The standard InChI is InChI=1S/C16H19Cl2N3OS/c1-20-11-19-21(14(20)23)10-16(22-2,15(18)7-8-15)9-12-5-3-4-6-13(12)17/h3-6,11H,7-10H2,1-2H3. The third-order valence-corrected chi connectivity index (χ3v) is 6.21. The molecule has 1 unspecified atom stereocenters. The average Bonchev–Trinajstić information content (AvgIpc) is 3.23. The van der Waals surface area contributed by atoms with E-state index in [2.05, 4.69) is 5.10 Å². The van der Waals surface area contributed by atoms with Gasteiger partial charge in [0.05, 0.1) is 11.4 Å². The Morgan fingerprint density at radius 3 is 2.61 bits per heavy atom. The zero-order chi connectivity index (χ0) is 16.7. The van der Waals surface area contributed by atoms with Gasteiger partial charge in [0.25, 0.3) is 0 Å². The second-order valence-electron chi connectivity index (χ2n) is 6.11. The minimum Gasteiger partial charge on any atom is -0.374 e. The van der Waals surface area contributed by atoms with Crippen LogP contribution >= 0.6 is 35.4 Å². The van der Waals surface area contributed by atoms with E-state index in [4.69, 9.17) is 40.2 Å². The van der Waals surface area contributed by atoms with Gasteiger partial charge in [-0.3, -0.25) is 0 Å². The summed E-state index contributed by atoms with van der Waals surface area (Å²) >= 11 is 18.6. The summed E-state index contributed by atoms with van der Waals surface area (Å²) in [5.41, 5.74) is 0.414. The summed E-state index contributed by atoms with van der Waals surface area (Å²) in [5, 5.41) is 5.08. The SMILES string of the molecule is COC(Cc1ccccc1Cl)(Cn1ncn(C)c1=S)C1(Cl)CC1. The monoisotopic (exact) mass is 371 g/mol. The Labute approximate surface area is 151 Å². The van der Waals surface area contributed by atoms with Crippen molar-refractivity contribution in [2.24, 2.45) is 7.05 Å². The van der Waals surface area contributed by atoms with Gasteiger partial charge in [-0.2, -0.15) is 5.10 Å². The van der Waals surface area contributed by atoms with E-state index in [-0.39, 0.29) is 0 Å². The average molecular weight is 372 g/mol. The lowest BCUT2D eigenvalue weighted by Crippen LogP contribution is -2.49. The van der Waals surface area contributed by atoms with Crippen molar-refractivity contribution in [3.63, 3.8) is 0 Å². The predicted molar refractivity (Wildman–Crippen MR) is 94.7 cm³/mol. The maximum atomic E-state index is 6.83. The van der Waals surface area contributed by atoms with Gasteiger partial charge in [0, 0.05) is 25.6 Å². The Morgan fingerprint density at radius 1 is 1.39 bits per heavy atom. The van der Waals surface area contributed by atoms with Gasteiger partial charge in [-0.25, -0.2) is 4.68 Å². The van der Waals surface area contributed by atoms with Gasteiger partial charge in [-0.15, -0.1) is 11.6 Å². The molecule has 124 valence electrons. The van der Waals surface area contributed by atoms with E-state index in [1.165, 1.54) is 0 Å². The molecule has 3 rings (SSSR count). The van der Waals surface area contributed by atoms with Gasteiger partial charge in [0.1, 0.15) is 11.9 Å². The van der Waals surface area contributed by atoms with Crippen molar-refractivity contribution in [2.45, 2.75) is 36.3 Å². The number of rotatable bonds is 6. The van der Waals surface area contributed by atoms with Gasteiger partial charge < -0.3 is 9.30 Å². The lowest BCUT2D eigenvalue weighted by molar-refractivity contribution is -0.0369. The third kappa shape index (κ3) is 3.07. The Hall–Kier alpha value is -0.880. The van der Waals surface area contributed by atoms with Crippen LogP contribution in [0.2, 0.25) is 5.02 Å². The molecule has 0 N–H and O–H groups in total. The minimum atomic E-state index is -0.605. The highest BCUT2D eigenvalue weighted by Crippen LogP contribution is 2.54. The highest BCUT2D eigenvalue weighted by molar-refractivity contribution is 7.71. The Balaban J connectivity index is 1.99. The van der Waals surface area contributed by atoms with Crippen LogP contribution in [0.15, 0.2) is 30.6 Å². The number of hydrogen-bond acceptors (Lipinski definition) is 3. The quantitative estimate of drug-likeness (QED) is 0.567. The van der Waals surface area contributed by atoms with Crippen LogP contribution in [0.5, 0.6) is 0 Å². The molecule has 1 saturated carbocycles. The van der Waals surface area contributed by atoms with Gasteiger partial charge in [-0.1, -0.05) is 29.8 Å². The van der Waals surface area contributed by atoms with Crippen molar-refractivity contribution >= 4 is 35.4 Å². The van der Waals surface area contributed by atoms with Crippen molar-refractivity contribution in [3.8, 4) is 0 Å². The fraction of sp³-hybridized carbons (Fsp3) is 0.500. The molecule has 0 saturated heterocycles. The molecule has 1 aromatic heterocycles. The van der Waals surface area contributed by atoms with Crippen LogP contribution < -0.4 is 0 Å². The summed E-state index contributed by atoms with van der Waals surface area (Å²) < 4.78 is 10.2. The van der Waals surface area contributed by atoms with E-state index in [9.17, 15) is 0 Å². The number of aromatic nitrogens is 3. The van der Waals surface area contributed by atoms with Gasteiger partial charge in [0.15, 0.2) is 4.77 Å². The summed E-state index contributed by atoms with van der Waals surface area (Å²) in [4.78, 5) is -0.410. The second kappa shape index (κ2) is 6.20. The van der Waals surface area contributed by atoms with Crippen molar-refractivity contribution < 1.29 is 4.74 Å². The molecule has 0 radical (unpaired) electrons. The Bertz CT molecular complexity index is 769. The highest BCUT2D eigenvalue weighted by Gasteiger charge is 2.59. The first-order valence-corrected chi connectivity index (χ1v) is 8.63. The lowest BCUT2D eigenvalue weighted by atomic mass is 9.88. The molecule has 7 heteroatoms. The molecular weight excluding hydrogens is 353 g/mol. The zero-order valence-corrected chi connectivity index (χ0v) is 15.5. The van der Waals surface area contributed by atoms with Gasteiger partial charge in [-0.05, 0) is 36.7 Å². The highest BCUT2D eigenvalue weighted by atomic mass is 35.5. The first-order chi connectivity index (χ1) is 10.9. The predicted octanol–water partition coefficient (Wildman–Crippen LogP) is 4.00. The number of halogens is 2. The lowest BCUT2D eigenvalue weighted by Gasteiger charge is -2.37. The maximum absolute atomic E-state index is 6.83. The normalized spacial score (nSPS) is 18.6. The number of nitrogens with zero attached hydrogens (tertiary/aromatic N) is 3. The number of ether oxygens (including phenoxy) is 1. The molecule has 1 aromatic carbocycles. The smallest absolute Gasteiger partial charge is 0.197 e. The van der Waals surface area contributed by atoms with Crippen LogP contribution in [0.25, 0.3) is 0 Å². The van der Waals surface area contributed by atoms with Crippen LogP contribution in [-0.4, -0.2) is 31.9 Å². The Morgan fingerprint density at radius 2 is 2.09 bits per heavy atom. The first kappa shape index (κ1) is 17.0. The topological polar surface area (TPSA) is 32.0 Å². The largest absolute Gasteiger partial charge is 0.374 e. The number of aryl methyl sites for hydroxylation is 1. The van der Waals surface area contributed by atoms with Crippen molar-refractivity contribution in [1.82, 2.24) is 14.3 Å².